The molecule has 1 atom stereocenters. The van der Waals surface area contributed by atoms with Crippen LogP contribution in [0.1, 0.15) is 6.92 Å². The summed E-state index contributed by atoms with van der Waals surface area (Å²) < 4.78 is 0. The highest BCUT2D eigenvalue weighted by molar-refractivity contribution is 6.31. The third-order valence-corrected chi connectivity index (χ3v) is 2.06. The number of hydrogen-bond donors (Lipinski definition) is 2. The molecule has 0 aliphatic heterocycles. The van der Waals surface area contributed by atoms with Crippen LogP contribution in [0.15, 0.2) is 18.2 Å². The van der Waals surface area contributed by atoms with E-state index in [1.807, 2.05) is 0 Å². The second-order valence-electron chi connectivity index (χ2n) is 3.20. The summed E-state index contributed by atoms with van der Waals surface area (Å²) in [4.78, 5) is 21.4. The Kier molecular flexibility index (Phi) is 3.81. The van der Waals surface area contributed by atoms with Crippen molar-refractivity contribution in [2.75, 3.05) is 5.32 Å². The molecule has 0 heterocycles. The van der Waals surface area contributed by atoms with Gasteiger partial charge in [0.05, 0.1) is 11.0 Å². The summed E-state index contributed by atoms with van der Waals surface area (Å²) in [5.41, 5.74) is 5.15. The molecule has 86 valence electrons. The molecule has 0 aliphatic carbocycles. The van der Waals surface area contributed by atoms with Crippen molar-refractivity contribution in [2.24, 2.45) is 5.73 Å². The Bertz CT molecular complexity index is 434. The van der Waals surface area contributed by atoms with Crippen LogP contribution in [0.3, 0.4) is 0 Å². The number of rotatable bonds is 3. The van der Waals surface area contributed by atoms with Gasteiger partial charge in [0, 0.05) is 11.1 Å². The number of nitro groups is 1. The maximum atomic E-state index is 11.3. The highest BCUT2D eigenvalue weighted by Crippen LogP contribution is 2.27. The molecule has 0 bridgehead atoms. The molecule has 1 aromatic carbocycles. The first-order chi connectivity index (χ1) is 7.41. The minimum atomic E-state index is -0.751. The van der Waals surface area contributed by atoms with E-state index in [1.165, 1.54) is 25.1 Å². The Morgan fingerprint density at radius 2 is 2.25 bits per heavy atom. The molecule has 0 radical (unpaired) electrons. The topological polar surface area (TPSA) is 98.3 Å². The zero-order valence-corrected chi connectivity index (χ0v) is 9.19. The number of halogens is 1. The second kappa shape index (κ2) is 4.91. The molecule has 1 amide bonds. The van der Waals surface area contributed by atoms with Gasteiger partial charge in [-0.2, -0.15) is 0 Å². The van der Waals surface area contributed by atoms with Crippen LogP contribution in [-0.4, -0.2) is 16.9 Å². The average Bonchev–Trinajstić information content (AvgIpc) is 2.16. The van der Waals surface area contributed by atoms with Gasteiger partial charge in [0.15, 0.2) is 0 Å². The lowest BCUT2D eigenvalue weighted by molar-refractivity contribution is -0.383. The summed E-state index contributed by atoms with van der Waals surface area (Å²) in [5.74, 6) is -0.509. The smallest absolute Gasteiger partial charge is 0.292 e. The first kappa shape index (κ1) is 12.4. The molecular weight excluding hydrogens is 234 g/mol. The number of carbonyl (C=O) groups is 1. The van der Waals surface area contributed by atoms with Gasteiger partial charge in [-0.25, -0.2) is 0 Å². The Balaban J connectivity index is 3.06. The number of carbonyl (C=O) groups excluding carboxylic acids is 1. The van der Waals surface area contributed by atoms with Gasteiger partial charge in [-0.3, -0.25) is 14.9 Å². The monoisotopic (exact) mass is 243 g/mol. The predicted molar refractivity (Wildman–Crippen MR) is 60.4 cm³/mol. The quantitative estimate of drug-likeness (QED) is 0.621. The van der Waals surface area contributed by atoms with Gasteiger partial charge in [-0.1, -0.05) is 11.6 Å². The fourth-order valence-corrected chi connectivity index (χ4v) is 1.19. The van der Waals surface area contributed by atoms with Crippen LogP contribution in [0.4, 0.5) is 11.4 Å². The molecular formula is C9H10ClN3O3. The maximum absolute atomic E-state index is 11.3. The molecule has 3 N–H and O–H groups in total. The van der Waals surface area contributed by atoms with Crippen molar-refractivity contribution in [1.82, 2.24) is 0 Å². The predicted octanol–water partition coefficient (Wildman–Crippen LogP) is 1.53. The van der Waals surface area contributed by atoms with Crippen LogP contribution in [-0.2, 0) is 4.79 Å². The fourth-order valence-electron chi connectivity index (χ4n) is 1.01. The lowest BCUT2D eigenvalue weighted by atomic mass is 10.2. The van der Waals surface area contributed by atoms with Gasteiger partial charge in [0.25, 0.3) is 5.69 Å². The van der Waals surface area contributed by atoms with E-state index in [2.05, 4.69) is 5.32 Å². The molecule has 6 nitrogen and oxygen atoms in total. The van der Waals surface area contributed by atoms with Crippen LogP contribution >= 0.6 is 11.6 Å². The highest BCUT2D eigenvalue weighted by Gasteiger charge is 2.17. The third-order valence-electron chi connectivity index (χ3n) is 1.83. The van der Waals surface area contributed by atoms with E-state index in [1.54, 1.807) is 0 Å². The summed E-state index contributed by atoms with van der Waals surface area (Å²) in [7, 11) is 0. The van der Waals surface area contributed by atoms with Crippen LogP contribution in [0.5, 0.6) is 0 Å². The normalized spacial score (nSPS) is 11.9. The summed E-state index contributed by atoms with van der Waals surface area (Å²) in [6.07, 6.45) is 0. The molecule has 0 unspecified atom stereocenters. The van der Waals surface area contributed by atoms with Crippen molar-refractivity contribution < 1.29 is 9.72 Å². The number of amides is 1. The van der Waals surface area contributed by atoms with Crippen LogP contribution in [0.25, 0.3) is 0 Å². The molecule has 0 aliphatic rings. The summed E-state index contributed by atoms with van der Waals surface area (Å²) >= 11 is 5.68. The Morgan fingerprint density at radius 3 is 2.75 bits per heavy atom. The van der Waals surface area contributed by atoms with E-state index >= 15 is 0 Å². The van der Waals surface area contributed by atoms with Gasteiger partial charge in [0.2, 0.25) is 5.91 Å². The van der Waals surface area contributed by atoms with E-state index in [4.69, 9.17) is 17.3 Å². The zero-order valence-electron chi connectivity index (χ0n) is 8.44. The molecule has 0 fully saturated rings. The Hall–Kier alpha value is -1.66. The van der Waals surface area contributed by atoms with Crippen LogP contribution in [0.2, 0.25) is 5.02 Å². The van der Waals surface area contributed by atoms with E-state index in [-0.39, 0.29) is 11.4 Å². The van der Waals surface area contributed by atoms with Crippen molar-refractivity contribution in [2.45, 2.75) is 13.0 Å². The SMILES string of the molecule is C[C@@H](N)C(=O)Nc1cc(Cl)ccc1[N+](=O)[O-]. The number of anilines is 1. The lowest BCUT2D eigenvalue weighted by Crippen LogP contribution is -2.32. The standard InChI is InChI=1S/C9H10ClN3O3/c1-5(11)9(14)12-7-4-6(10)2-3-8(7)13(15)16/h2-5H,11H2,1H3,(H,12,14)/t5-/m1/s1. The average molecular weight is 244 g/mol. The van der Waals surface area contributed by atoms with Crippen molar-refractivity contribution in [3.8, 4) is 0 Å². The first-order valence-electron chi connectivity index (χ1n) is 4.42. The molecule has 1 aromatic rings. The number of nitrogens with one attached hydrogen (secondary N) is 1. The zero-order chi connectivity index (χ0) is 12.3. The minimum absolute atomic E-state index is 0.0415. The lowest BCUT2D eigenvalue weighted by Gasteiger charge is -2.08. The largest absolute Gasteiger partial charge is 0.320 e. The van der Waals surface area contributed by atoms with E-state index < -0.39 is 16.9 Å². The maximum Gasteiger partial charge on any atom is 0.292 e. The van der Waals surface area contributed by atoms with Gasteiger partial charge < -0.3 is 11.1 Å². The molecule has 1 rings (SSSR count). The van der Waals surface area contributed by atoms with E-state index in [9.17, 15) is 14.9 Å². The van der Waals surface area contributed by atoms with Crippen LogP contribution in [0, 0.1) is 10.1 Å². The Labute approximate surface area is 96.5 Å². The van der Waals surface area contributed by atoms with Crippen molar-refractivity contribution in [3.05, 3.63) is 33.3 Å². The molecule has 7 heteroatoms. The van der Waals surface area contributed by atoms with Crippen molar-refractivity contribution in [1.29, 1.82) is 0 Å². The minimum Gasteiger partial charge on any atom is -0.320 e. The van der Waals surface area contributed by atoms with Crippen molar-refractivity contribution in [3.63, 3.8) is 0 Å². The molecule has 16 heavy (non-hydrogen) atoms. The molecule has 0 saturated carbocycles. The highest BCUT2D eigenvalue weighted by atomic mass is 35.5. The van der Waals surface area contributed by atoms with E-state index in [0.29, 0.717) is 5.02 Å². The Morgan fingerprint density at radius 1 is 1.62 bits per heavy atom. The number of hydrogen-bond acceptors (Lipinski definition) is 4. The molecule has 0 aromatic heterocycles. The summed E-state index contributed by atoms with van der Waals surface area (Å²) in [6, 6.07) is 3.15. The van der Waals surface area contributed by atoms with Gasteiger partial charge in [-0.05, 0) is 19.1 Å². The second-order valence-corrected chi connectivity index (χ2v) is 3.63. The van der Waals surface area contributed by atoms with Crippen LogP contribution < -0.4 is 11.1 Å². The van der Waals surface area contributed by atoms with Gasteiger partial charge in [0.1, 0.15) is 5.69 Å². The number of nitrogens with zero attached hydrogens (tertiary/aromatic N) is 1. The number of nitro benzene ring substituents is 1. The molecule has 0 saturated heterocycles. The van der Waals surface area contributed by atoms with E-state index in [0.717, 1.165) is 0 Å². The summed E-state index contributed by atoms with van der Waals surface area (Å²) in [6.45, 7) is 1.48. The third kappa shape index (κ3) is 2.91. The molecule has 0 spiro atoms. The fraction of sp³-hybridized carbons (Fsp3) is 0.222. The number of benzene rings is 1. The summed E-state index contributed by atoms with van der Waals surface area (Å²) in [5, 5.41) is 13.3. The van der Waals surface area contributed by atoms with Crippen molar-refractivity contribution >= 4 is 28.9 Å². The first-order valence-corrected chi connectivity index (χ1v) is 4.80. The van der Waals surface area contributed by atoms with Gasteiger partial charge >= 0.3 is 0 Å². The van der Waals surface area contributed by atoms with Gasteiger partial charge in [-0.15, -0.1) is 0 Å². The number of nitrogens with two attached hydrogens (primary N) is 1.